The number of carbonyl (C=O) groups excluding carboxylic acids is 3. The number of fused-ring (bicyclic) bond motifs is 10. The monoisotopic (exact) mass is 1220 g/mol. The number of guanidine groups is 1. The highest BCUT2D eigenvalue weighted by Crippen LogP contribution is 2.75. The summed E-state index contributed by atoms with van der Waals surface area (Å²) in [6, 6.07) is 8.80. The van der Waals surface area contributed by atoms with E-state index in [9.17, 15) is 45.3 Å². The molecule has 7 aliphatic carbocycles. The van der Waals surface area contributed by atoms with Crippen LogP contribution in [-0.4, -0.2) is 132 Å². The first-order valence-electron chi connectivity index (χ1n) is 32.3. The van der Waals surface area contributed by atoms with Crippen LogP contribution in [-0.2, 0) is 19.1 Å². The topological polar surface area (TPSA) is 294 Å². The summed E-state index contributed by atoms with van der Waals surface area (Å²) in [6.07, 6.45) is 10.6. The van der Waals surface area contributed by atoms with Gasteiger partial charge in [-0.25, -0.2) is 0 Å². The number of Topliss-reactive ketones (excluding diaryl/α,β-unsaturated/α-hetero) is 2. The average molecular weight is 1220 g/mol. The number of rotatable bonds is 11. The molecule has 1 aromatic heterocycles. The molecule has 2 aliphatic heterocycles. The zero-order valence-corrected chi connectivity index (χ0v) is 52.4. The van der Waals surface area contributed by atoms with Gasteiger partial charge in [0.2, 0.25) is 0 Å². The van der Waals surface area contributed by atoms with Crippen molar-refractivity contribution >= 4 is 45.1 Å². The molecule has 2 saturated heterocycles. The number of phenols is 1. The van der Waals surface area contributed by atoms with Gasteiger partial charge in [0.1, 0.15) is 5.75 Å². The highest BCUT2D eigenvalue weighted by molar-refractivity contribution is 8.76. The number of cyclic esters (lactones) is 1. The largest absolute Gasteiger partial charge is 0.508 e. The molecule has 0 radical (unpaired) electrons. The summed E-state index contributed by atoms with van der Waals surface area (Å²) in [4.78, 5) is 53.3. The number of hydrogen-bond donors (Lipinski definition) is 11. The number of aliphatic hydroxyl groups excluding tert-OH is 4. The summed E-state index contributed by atoms with van der Waals surface area (Å²) in [5.41, 5.74) is 8.44. The molecule has 11 rings (SSSR count). The number of benzene rings is 1. The smallest absolute Gasteiger partial charge is 0.313 e. The van der Waals surface area contributed by atoms with Crippen LogP contribution in [0.4, 0.5) is 0 Å². The van der Waals surface area contributed by atoms with Crippen molar-refractivity contribution in [1.82, 2.24) is 10.3 Å². The van der Waals surface area contributed by atoms with Gasteiger partial charge in [0, 0.05) is 90.3 Å². The molecule has 16 nitrogen and oxygen atoms in total. The zero-order chi connectivity index (χ0) is 61.1. The van der Waals surface area contributed by atoms with E-state index in [4.69, 9.17) is 16.2 Å². The molecule has 0 unspecified atom stereocenters. The Morgan fingerprint density at radius 3 is 2.44 bits per heavy atom. The summed E-state index contributed by atoms with van der Waals surface area (Å²) in [5.74, 6) is 3.47. The normalized spacial score (nSPS) is 42.7. The molecule has 13 N–H and O–H groups in total. The third kappa shape index (κ3) is 10.9. The molecule has 18 heteroatoms. The number of unbranched alkanes of at least 4 members (excludes halogenated alkanes) is 2. The summed E-state index contributed by atoms with van der Waals surface area (Å²) in [7, 11) is 3.12. The molecule has 3 heterocycles. The van der Waals surface area contributed by atoms with Crippen molar-refractivity contribution in [1.29, 1.82) is 0 Å². The second kappa shape index (κ2) is 25.2. The number of aliphatic hydroxyl groups is 6. The number of allylic oxidation sites excluding steroid dienone is 3. The third-order valence-electron chi connectivity index (χ3n) is 24.0. The van der Waals surface area contributed by atoms with Crippen LogP contribution in [0, 0.1) is 93.2 Å². The summed E-state index contributed by atoms with van der Waals surface area (Å²) in [5, 5.41) is 92.3. The van der Waals surface area contributed by atoms with Crippen molar-refractivity contribution in [2.45, 2.75) is 178 Å². The molecule has 4 saturated carbocycles. The Hall–Kier alpha value is -4.32. The van der Waals surface area contributed by atoms with E-state index in [1.54, 1.807) is 40.6 Å². The first-order valence-corrected chi connectivity index (χ1v) is 34.8. The Morgan fingerprint density at radius 2 is 1.71 bits per heavy atom. The number of phenolic OH excluding ortho intramolecular Hbond substituents is 1. The Morgan fingerprint density at radius 1 is 0.930 bits per heavy atom. The van der Waals surface area contributed by atoms with Gasteiger partial charge in [0.15, 0.2) is 17.5 Å². The van der Waals surface area contributed by atoms with Crippen LogP contribution in [0.25, 0.3) is 0 Å². The second-order valence-electron chi connectivity index (χ2n) is 28.4. The van der Waals surface area contributed by atoms with E-state index in [0.29, 0.717) is 61.5 Å². The Labute approximate surface area is 515 Å². The first kappa shape index (κ1) is 63.3. The highest BCUT2D eigenvalue weighted by atomic mass is 33.1. The molecular formula is C68H95N5O11S2. The molecule has 1 aromatic carbocycles. The number of carbonyl (C=O) groups is 3. The SMILES string of the molecule is CCCCC[C@]12C(=O)C3=C4[C@H](CC[C@]5(CCN=C(N)N)[C@@H]6[C@@H](CC#C[C@@H]([C@@H]7COC(=O)[C@@H]7c7cc[nH]c7)C[C@H]7[C@@H](CC=C8CC[C@H](C)C[C@H]87)[C@H](CO)C[C@@H](O)[C@]6(C)O)C[C@@]45O)[C@@]1(C)C[C@H](O)[C@H](O)[C@H]2CSSC[C@@H](c1ccc(O)cc1)CC(=O)CN3. The van der Waals surface area contributed by atoms with Gasteiger partial charge in [-0.15, -0.1) is 5.92 Å². The van der Waals surface area contributed by atoms with Gasteiger partial charge in [0.25, 0.3) is 0 Å². The van der Waals surface area contributed by atoms with Crippen LogP contribution in [0.5, 0.6) is 5.75 Å². The van der Waals surface area contributed by atoms with E-state index in [-0.39, 0.29) is 135 Å². The average Bonchev–Trinajstić information content (AvgIpc) is 1.20. The lowest BCUT2D eigenvalue weighted by atomic mass is 9.37. The predicted molar refractivity (Wildman–Crippen MR) is 334 cm³/mol. The van der Waals surface area contributed by atoms with E-state index in [2.05, 4.69) is 54.0 Å². The number of hydrogen-bond acceptors (Lipinski definition) is 15. The quantitative estimate of drug-likeness (QED) is 0.0195. The van der Waals surface area contributed by atoms with E-state index in [1.807, 2.05) is 30.6 Å². The van der Waals surface area contributed by atoms with Crippen LogP contribution in [0.15, 0.2) is 70.6 Å². The van der Waals surface area contributed by atoms with Gasteiger partial charge in [-0.05, 0) is 166 Å². The Kier molecular flexibility index (Phi) is 18.5. The van der Waals surface area contributed by atoms with Gasteiger partial charge in [-0.2, -0.15) is 0 Å². The van der Waals surface area contributed by atoms with Gasteiger partial charge in [-0.3, -0.25) is 19.4 Å². The summed E-state index contributed by atoms with van der Waals surface area (Å²) >= 11 is 0. The number of aliphatic imine (C=N–C) groups is 1. The lowest BCUT2D eigenvalue weighted by Crippen LogP contribution is -2.71. The van der Waals surface area contributed by atoms with Crippen LogP contribution >= 0.6 is 21.6 Å². The second-order valence-corrected chi connectivity index (χ2v) is 31.0. The maximum Gasteiger partial charge on any atom is 0.313 e. The fourth-order valence-electron chi connectivity index (χ4n) is 20.0. The minimum Gasteiger partial charge on any atom is -0.508 e. The van der Waals surface area contributed by atoms with Gasteiger partial charge >= 0.3 is 5.97 Å². The molecule has 0 amide bonds. The lowest BCUT2D eigenvalue weighted by Gasteiger charge is -2.67. The van der Waals surface area contributed by atoms with E-state index >= 15 is 4.79 Å². The number of aromatic hydroxyl groups is 1. The van der Waals surface area contributed by atoms with Gasteiger partial charge < -0.3 is 62.3 Å². The number of nitrogens with one attached hydrogen (secondary N) is 2. The highest BCUT2D eigenvalue weighted by Gasteiger charge is 2.77. The van der Waals surface area contributed by atoms with Gasteiger partial charge in [0.05, 0.1) is 54.3 Å². The number of aromatic nitrogens is 1. The molecule has 6 fully saturated rings. The lowest BCUT2D eigenvalue weighted by molar-refractivity contribution is -0.213. The van der Waals surface area contributed by atoms with Crippen molar-refractivity contribution in [2.24, 2.45) is 97.8 Å². The molecule has 2 bridgehead atoms. The summed E-state index contributed by atoms with van der Waals surface area (Å²) < 4.78 is 5.97. The molecule has 0 spiro atoms. The van der Waals surface area contributed by atoms with Crippen LogP contribution in [0.1, 0.15) is 160 Å². The minimum atomic E-state index is -1.95. The molecular weight excluding hydrogens is 1130 g/mol. The van der Waals surface area contributed by atoms with Crippen LogP contribution < -0.4 is 16.8 Å². The number of ketones is 2. The van der Waals surface area contributed by atoms with Crippen LogP contribution in [0.3, 0.4) is 0 Å². The molecule has 86 heavy (non-hydrogen) atoms. The standard InChI is InChI=1S/C68H95N5O11S2/c1-5-6-7-21-67-53-37-86-85-36-45(39-13-16-46(75)17-14-39)27-47(76)33-73-58(61(67)80)57-52(64(67,3)31-54(77)59(53)79)19-22-66(23-25-72-63(69)70)60-42(30-68(57,66)83)10-8-9-41(51-35-84-62(81)56(51)43-20-24-71-32-43)28-50-48(44(34-74)29-55(78)65(60,4)82)18-15-40-12-11-38(2)26-49(40)50/h13-17,20,24,32,38,41-42,44-45,48-56,59-60,71,73-75,77-79,82-83H,5-7,10-12,18-19,21-23,25-31,33-37H2,1-4H3,(H4,69,70,72)/t38-,41+,42-,44-,45-,48-,49+,50-,51-,52-,53+,54-,55+,56+,59+,60+,64+,65-,66-,67-,68+/m0/s1. The van der Waals surface area contributed by atoms with Crippen LogP contribution in [0.2, 0.25) is 0 Å². The van der Waals surface area contributed by atoms with E-state index in [1.165, 1.54) is 5.57 Å². The first-order chi connectivity index (χ1) is 41.1. The number of aromatic amines is 1. The van der Waals surface area contributed by atoms with Crippen molar-refractivity contribution in [3.63, 3.8) is 0 Å². The molecule has 21 atom stereocenters. The molecule has 470 valence electrons. The number of nitrogens with two attached hydrogens (primary N) is 2. The molecule has 2 aromatic rings. The van der Waals surface area contributed by atoms with Gasteiger partial charge in [-0.1, -0.05) is 91.3 Å². The van der Waals surface area contributed by atoms with Crippen molar-refractivity contribution in [3.05, 3.63) is 76.8 Å². The Balaban J connectivity index is 1.10. The van der Waals surface area contributed by atoms with Crippen molar-refractivity contribution < 1.29 is 54.9 Å². The number of H-pyrrole nitrogens is 1. The van der Waals surface area contributed by atoms with Crippen molar-refractivity contribution in [2.75, 3.05) is 37.8 Å². The number of esters is 1. The summed E-state index contributed by atoms with van der Waals surface area (Å²) in [6.45, 7) is 7.92. The maximum absolute atomic E-state index is 16.9. The number of nitrogens with zero attached hydrogens (tertiary/aromatic N) is 1. The fourth-order valence-corrected chi connectivity index (χ4v) is 22.8. The zero-order valence-electron chi connectivity index (χ0n) is 50.8. The van der Waals surface area contributed by atoms with Crippen molar-refractivity contribution in [3.8, 4) is 17.6 Å². The van der Waals surface area contributed by atoms with E-state index < -0.39 is 81.3 Å². The molecule has 9 aliphatic rings. The minimum absolute atomic E-state index is 0.00179. The third-order valence-corrected chi connectivity index (χ3v) is 26.6. The number of ether oxygens (including phenoxy) is 1. The Bertz CT molecular complexity index is 2970. The maximum atomic E-state index is 16.9. The van der Waals surface area contributed by atoms with E-state index in [0.717, 1.165) is 43.2 Å². The predicted octanol–water partition coefficient (Wildman–Crippen LogP) is 7.81. The fraction of sp³-hybridized carbons (Fsp3) is 0.706.